The van der Waals surface area contributed by atoms with Crippen LogP contribution < -0.4 is 0 Å². The first-order valence-electron chi connectivity index (χ1n) is 5.14. The first-order chi connectivity index (χ1) is 8.91. The van der Waals surface area contributed by atoms with Crippen molar-refractivity contribution < 1.29 is 4.39 Å². The molecule has 0 N–H and O–H groups in total. The van der Waals surface area contributed by atoms with Gasteiger partial charge in [0.15, 0.2) is 0 Å². The predicted molar refractivity (Wildman–Crippen MR) is 86.3 cm³/mol. The van der Waals surface area contributed by atoms with Crippen molar-refractivity contribution in [2.45, 2.75) is 4.83 Å². The van der Waals surface area contributed by atoms with Crippen molar-refractivity contribution in [2.24, 2.45) is 0 Å². The van der Waals surface area contributed by atoms with E-state index < -0.39 is 10.6 Å². The summed E-state index contributed by atoms with van der Waals surface area (Å²) in [5, 5.41) is 1.35. The summed E-state index contributed by atoms with van der Waals surface area (Å²) >= 11 is 24.8. The van der Waals surface area contributed by atoms with Gasteiger partial charge in [0.05, 0.1) is 9.85 Å². The van der Waals surface area contributed by atoms with E-state index in [-0.39, 0.29) is 0 Å². The van der Waals surface area contributed by atoms with Gasteiger partial charge >= 0.3 is 0 Å². The van der Waals surface area contributed by atoms with Crippen LogP contribution in [0.4, 0.5) is 4.39 Å². The molecule has 0 aromatic heterocycles. The van der Waals surface area contributed by atoms with E-state index in [9.17, 15) is 4.39 Å². The fraction of sp³-hybridized carbons (Fsp3) is 0.0769. The van der Waals surface area contributed by atoms with E-state index in [1.54, 1.807) is 24.3 Å². The Morgan fingerprint density at radius 1 is 1.00 bits per heavy atom. The van der Waals surface area contributed by atoms with Crippen LogP contribution >= 0.6 is 66.7 Å². The lowest BCUT2D eigenvalue weighted by atomic mass is 10.0. The molecule has 0 fully saturated rings. The van der Waals surface area contributed by atoms with Gasteiger partial charge in [0.25, 0.3) is 0 Å². The minimum atomic E-state index is -0.473. The normalized spacial score (nSPS) is 12.5. The molecule has 0 heterocycles. The van der Waals surface area contributed by atoms with Gasteiger partial charge in [-0.2, -0.15) is 0 Å². The van der Waals surface area contributed by atoms with Crippen LogP contribution in [0.3, 0.4) is 0 Å². The summed E-state index contributed by atoms with van der Waals surface area (Å²) in [4.78, 5) is -0.473. The average molecular weight is 447 g/mol. The monoisotopic (exact) mass is 444 g/mol. The molecular weight excluding hydrogens is 441 g/mol. The van der Waals surface area contributed by atoms with Gasteiger partial charge < -0.3 is 0 Å². The minimum absolute atomic E-state index is 0.378. The van der Waals surface area contributed by atoms with E-state index in [4.69, 9.17) is 34.8 Å². The lowest BCUT2D eigenvalue weighted by molar-refractivity contribution is 0.612. The van der Waals surface area contributed by atoms with Crippen LogP contribution in [0.2, 0.25) is 15.1 Å². The van der Waals surface area contributed by atoms with Crippen molar-refractivity contribution in [1.29, 1.82) is 0 Å². The fourth-order valence-electron chi connectivity index (χ4n) is 1.64. The van der Waals surface area contributed by atoms with Crippen molar-refractivity contribution in [3.63, 3.8) is 0 Å². The standard InChI is InChI=1S/C13H6Br2Cl3F/c14-7-5-11(19)6(4-10(7)18)13(15)12-8(16)2-1-3-9(12)17/h1-5,13H. The second-order valence-corrected chi connectivity index (χ2v) is 6.78. The third-order valence-electron chi connectivity index (χ3n) is 2.57. The van der Waals surface area contributed by atoms with Gasteiger partial charge in [-0.1, -0.05) is 56.8 Å². The largest absolute Gasteiger partial charge is 0.207 e. The third kappa shape index (κ3) is 3.27. The van der Waals surface area contributed by atoms with Gasteiger partial charge in [0.1, 0.15) is 5.82 Å². The smallest absolute Gasteiger partial charge is 0.129 e. The number of rotatable bonds is 2. The first-order valence-corrected chi connectivity index (χ1v) is 7.98. The highest BCUT2D eigenvalue weighted by Gasteiger charge is 2.21. The van der Waals surface area contributed by atoms with Gasteiger partial charge in [-0.05, 0) is 40.2 Å². The van der Waals surface area contributed by atoms with Gasteiger partial charge in [-0.3, -0.25) is 0 Å². The zero-order valence-corrected chi connectivity index (χ0v) is 14.7. The van der Waals surface area contributed by atoms with Crippen LogP contribution in [0.1, 0.15) is 16.0 Å². The maximum absolute atomic E-state index is 14.0. The molecule has 100 valence electrons. The summed E-state index contributed by atoms with van der Waals surface area (Å²) in [6.07, 6.45) is 0. The Bertz CT molecular complexity index is 611. The lowest BCUT2D eigenvalue weighted by Gasteiger charge is -2.15. The SMILES string of the molecule is Fc1cc(Br)c(Cl)cc1C(Br)c1c(Cl)cccc1Cl. The molecule has 0 spiro atoms. The summed E-state index contributed by atoms with van der Waals surface area (Å²) in [7, 11) is 0. The highest BCUT2D eigenvalue weighted by atomic mass is 79.9. The highest BCUT2D eigenvalue weighted by molar-refractivity contribution is 9.10. The Kier molecular flexibility index (Phi) is 5.18. The predicted octanol–water partition coefficient (Wildman–Crippen LogP) is 7.03. The highest BCUT2D eigenvalue weighted by Crippen LogP contribution is 2.42. The topological polar surface area (TPSA) is 0 Å². The maximum atomic E-state index is 14.0. The Labute approximate surface area is 142 Å². The minimum Gasteiger partial charge on any atom is -0.207 e. The van der Waals surface area contributed by atoms with Gasteiger partial charge in [-0.25, -0.2) is 4.39 Å². The van der Waals surface area contributed by atoms with E-state index in [0.29, 0.717) is 30.7 Å². The molecule has 0 aliphatic heterocycles. The van der Waals surface area contributed by atoms with Crippen LogP contribution in [-0.2, 0) is 0 Å². The zero-order chi connectivity index (χ0) is 14.2. The Morgan fingerprint density at radius 2 is 1.58 bits per heavy atom. The molecule has 1 unspecified atom stereocenters. The van der Waals surface area contributed by atoms with Crippen molar-refractivity contribution >= 4 is 66.7 Å². The molecule has 1 atom stereocenters. The Balaban J connectivity index is 2.56. The van der Waals surface area contributed by atoms with Crippen LogP contribution in [0, 0.1) is 5.82 Å². The van der Waals surface area contributed by atoms with E-state index in [2.05, 4.69) is 31.9 Å². The molecule has 0 amide bonds. The van der Waals surface area contributed by atoms with E-state index in [0.717, 1.165) is 0 Å². The summed E-state index contributed by atoms with van der Waals surface area (Å²) in [6.45, 7) is 0. The average Bonchev–Trinajstić information content (AvgIpc) is 2.33. The molecule has 0 nitrogen and oxygen atoms in total. The van der Waals surface area contributed by atoms with Gasteiger partial charge in [-0.15, -0.1) is 0 Å². The molecule has 0 saturated carbocycles. The first kappa shape index (κ1) is 15.6. The molecule has 6 heteroatoms. The van der Waals surface area contributed by atoms with E-state index in [1.165, 1.54) is 6.07 Å². The second kappa shape index (κ2) is 6.31. The molecule has 2 aromatic carbocycles. The van der Waals surface area contributed by atoms with Crippen LogP contribution in [-0.4, -0.2) is 0 Å². The van der Waals surface area contributed by atoms with Crippen LogP contribution in [0.25, 0.3) is 0 Å². The van der Waals surface area contributed by atoms with Gasteiger partial charge in [0.2, 0.25) is 0 Å². The molecule has 2 rings (SSSR count). The molecule has 0 radical (unpaired) electrons. The summed E-state index contributed by atoms with van der Waals surface area (Å²) in [5.74, 6) is -0.394. The number of hydrogen-bond donors (Lipinski definition) is 0. The number of halogens is 6. The van der Waals surface area contributed by atoms with E-state index >= 15 is 0 Å². The van der Waals surface area contributed by atoms with Crippen molar-refractivity contribution in [2.75, 3.05) is 0 Å². The zero-order valence-electron chi connectivity index (χ0n) is 9.23. The molecule has 0 aliphatic carbocycles. The third-order valence-corrected chi connectivity index (χ3v) is 5.37. The van der Waals surface area contributed by atoms with E-state index in [1.807, 2.05) is 0 Å². The summed E-state index contributed by atoms with van der Waals surface area (Å²) < 4.78 is 14.5. The fourth-order valence-corrected chi connectivity index (χ4v) is 3.85. The maximum Gasteiger partial charge on any atom is 0.129 e. The molecular formula is C13H6Br2Cl3F. The van der Waals surface area contributed by atoms with Gasteiger partial charge in [0, 0.05) is 25.6 Å². The number of hydrogen-bond acceptors (Lipinski definition) is 0. The molecule has 2 aromatic rings. The van der Waals surface area contributed by atoms with Crippen LogP contribution in [0.15, 0.2) is 34.8 Å². The van der Waals surface area contributed by atoms with Crippen molar-refractivity contribution in [3.05, 3.63) is 66.8 Å². The van der Waals surface area contributed by atoms with Crippen molar-refractivity contribution in [3.8, 4) is 0 Å². The summed E-state index contributed by atoms with van der Waals surface area (Å²) in [5.41, 5.74) is 0.992. The molecule has 0 bridgehead atoms. The molecule has 0 aliphatic rings. The Hall–Kier alpha value is 0.200. The number of alkyl halides is 1. The molecule has 19 heavy (non-hydrogen) atoms. The molecule has 0 saturated heterocycles. The lowest BCUT2D eigenvalue weighted by Crippen LogP contribution is -1.99. The quantitative estimate of drug-likeness (QED) is 0.342. The van der Waals surface area contributed by atoms with Crippen LogP contribution in [0.5, 0.6) is 0 Å². The number of benzene rings is 2. The second-order valence-electron chi connectivity index (χ2n) is 3.79. The Morgan fingerprint density at radius 3 is 2.16 bits per heavy atom. The van der Waals surface area contributed by atoms with Crippen molar-refractivity contribution in [1.82, 2.24) is 0 Å². The summed E-state index contributed by atoms with van der Waals surface area (Å²) in [6, 6.07) is 8.00.